The Hall–Kier alpha value is -0.120. The number of likely N-dealkylation sites (N-methyl/N-ethyl adjacent to an activating group) is 1. The molecule has 1 saturated heterocycles. The summed E-state index contributed by atoms with van der Waals surface area (Å²) in [7, 11) is 2.23. The number of rotatable bonds is 5. The van der Waals surface area contributed by atoms with Gasteiger partial charge in [-0.25, -0.2) is 0 Å². The van der Waals surface area contributed by atoms with Crippen LogP contribution < -0.4 is 5.32 Å². The molecule has 96 valence electrons. The molecule has 1 aliphatic rings. The maximum atomic E-state index is 3.45. The molecule has 0 radical (unpaired) electrons. The van der Waals surface area contributed by atoms with E-state index >= 15 is 0 Å². The van der Waals surface area contributed by atoms with Gasteiger partial charge in [0, 0.05) is 31.7 Å². The van der Waals surface area contributed by atoms with Gasteiger partial charge in [-0.3, -0.25) is 4.90 Å². The van der Waals surface area contributed by atoms with Crippen molar-refractivity contribution >= 4 is 0 Å². The average Bonchev–Trinajstić information content (AvgIpc) is 2.28. The zero-order chi connectivity index (χ0) is 12.1. The van der Waals surface area contributed by atoms with Gasteiger partial charge in [0.15, 0.2) is 0 Å². The molecule has 1 fully saturated rings. The van der Waals surface area contributed by atoms with Crippen LogP contribution in [-0.2, 0) is 0 Å². The van der Waals surface area contributed by atoms with E-state index in [1.807, 2.05) is 0 Å². The molecule has 1 N–H and O–H groups in total. The van der Waals surface area contributed by atoms with Gasteiger partial charge in [0.2, 0.25) is 0 Å². The number of piperazine rings is 1. The summed E-state index contributed by atoms with van der Waals surface area (Å²) in [5.74, 6) is 0.732. The van der Waals surface area contributed by atoms with E-state index in [0.717, 1.165) is 19.0 Å². The fourth-order valence-corrected chi connectivity index (χ4v) is 2.35. The highest BCUT2D eigenvalue weighted by molar-refractivity contribution is 4.82. The average molecular weight is 227 g/mol. The van der Waals surface area contributed by atoms with E-state index in [9.17, 15) is 0 Å². The largest absolute Gasteiger partial charge is 0.317 e. The first kappa shape index (κ1) is 13.9. The molecular formula is C13H29N3. The van der Waals surface area contributed by atoms with Crippen molar-refractivity contribution < 1.29 is 0 Å². The minimum atomic E-state index is 0.690. The van der Waals surface area contributed by atoms with Crippen LogP contribution in [-0.4, -0.2) is 61.7 Å². The summed E-state index contributed by atoms with van der Waals surface area (Å²) in [6.45, 7) is 15.1. The van der Waals surface area contributed by atoms with Crippen molar-refractivity contribution in [3.63, 3.8) is 0 Å². The summed E-state index contributed by atoms with van der Waals surface area (Å²) in [6.07, 6.45) is 0. The molecule has 0 aromatic heterocycles. The Bertz CT molecular complexity index is 196. The van der Waals surface area contributed by atoms with Crippen molar-refractivity contribution in [1.82, 2.24) is 15.1 Å². The zero-order valence-electron chi connectivity index (χ0n) is 11.7. The van der Waals surface area contributed by atoms with Crippen LogP contribution in [0.1, 0.15) is 27.7 Å². The molecule has 0 spiro atoms. The number of hydrogen-bond acceptors (Lipinski definition) is 3. The van der Waals surface area contributed by atoms with Crippen LogP contribution in [0.3, 0.4) is 0 Å². The SMILES string of the molecule is CCNCC(C)C(C)N1CCN(C)C(C)C1. The fourth-order valence-electron chi connectivity index (χ4n) is 2.35. The van der Waals surface area contributed by atoms with Gasteiger partial charge in [-0.05, 0) is 39.9 Å². The number of hydrogen-bond donors (Lipinski definition) is 1. The van der Waals surface area contributed by atoms with E-state index in [1.165, 1.54) is 19.6 Å². The van der Waals surface area contributed by atoms with E-state index in [2.05, 4.69) is 49.9 Å². The minimum absolute atomic E-state index is 0.690. The Balaban J connectivity index is 2.38. The molecule has 16 heavy (non-hydrogen) atoms. The number of nitrogens with zero attached hydrogens (tertiary/aromatic N) is 2. The summed E-state index contributed by atoms with van der Waals surface area (Å²) in [5.41, 5.74) is 0. The Morgan fingerprint density at radius 2 is 2.00 bits per heavy atom. The molecule has 1 aliphatic heterocycles. The van der Waals surface area contributed by atoms with Crippen LogP contribution in [0.2, 0.25) is 0 Å². The third-order valence-corrected chi connectivity index (χ3v) is 4.11. The van der Waals surface area contributed by atoms with Crippen molar-refractivity contribution in [2.45, 2.75) is 39.8 Å². The molecule has 0 saturated carbocycles. The highest BCUT2D eigenvalue weighted by Gasteiger charge is 2.26. The van der Waals surface area contributed by atoms with Crippen LogP contribution in [0.4, 0.5) is 0 Å². The van der Waals surface area contributed by atoms with Gasteiger partial charge in [-0.1, -0.05) is 13.8 Å². The molecule has 0 bridgehead atoms. The van der Waals surface area contributed by atoms with Crippen LogP contribution in [0, 0.1) is 5.92 Å². The maximum absolute atomic E-state index is 3.45. The number of nitrogens with one attached hydrogen (secondary N) is 1. The summed E-state index contributed by atoms with van der Waals surface area (Å²) in [6, 6.07) is 1.39. The van der Waals surface area contributed by atoms with Crippen molar-refractivity contribution in [3.05, 3.63) is 0 Å². The van der Waals surface area contributed by atoms with Gasteiger partial charge >= 0.3 is 0 Å². The maximum Gasteiger partial charge on any atom is 0.0192 e. The van der Waals surface area contributed by atoms with E-state index in [1.54, 1.807) is 0 Å². The molecule has 3 heteroatoms. The predicted molar refractivity (Wildman–Crippen MR) is 70.8 cm³/mol. The molecule has 1 rings (SSSR count). The molecule has 0 aromatic rings. The van der Waals surface area contributed by atoms with Crippen molar-refractivity contribution in [1.29, 1.82) is 0 Å². The molecule has 3 nitrogen and oxygen atoms in total. The van der Waals surface area contributed by atoms with Gasteiger partial charge in [0.05, 0.1) is 0 Å². The van der Waals surface area contributed by atoms with Crippen LogP contribution >= 0.6 is 0 Å². The second-order valence-corrected chi connectivity index (χ2v) is 5.35. The van der Waals surface area contributed by atoms with Crippen molar-refractivity contribution in [3.8, 4) is 0 Å². The van der Waals surface area contributed by atoms with Gasteiger partial charge in [-0.15, -0.1) is 0 Å². The molecule has 0 amide bonds. The lowest BCUT2D eigenvalue weighted by Crippen LogP contribution is -2.54. The first-order valence-corrected chi connectivity index (χ1v) is 6.71. The zero-order valence-corrected chi connectivity index (χ0v) is 11.7. The van der Waals surface area contributed by atoms with E-state index < -0.39 is 0 Å². The van der Waals surface area contributed by atoms with Gasteiger partial charge in [0.25, 0.3) is 0 Å². The lowest BCUT2D eigenvalue weighted by molar-refractivity contribution is 0.0589. The second kappa shape index (κ2) is 6.58. The van der Waals surface area contributed by atoms with E-state index in [-0.39, 0.29) is 0 Å². The van der Waals surface area contributed by atoms with E-state index in [4.69, 9.17) is 0 Å². The molecule has 3 atom stereocenters. The first-order valence-electron chi connectivity index (χ1n) is 6.71. The van der Waals surface area contributed by atoms with Crippen molar-refractivity contribution in [2.24, 2.45) is 5.92 Å². The Morgan fingerprint density at radius 3 is 2.56 bits per heavy atom. The quantitative estimate of drug-likeness (QED) is 0.763. The van der Waals surface area contributed by atoms with Gasteiger partial charge in [-0.2, -0.15) is 0 Å². The predicted octanol–water partition coefficient (Wildman–Crippen LogP) is 1.26. The standard InChI is InChI=1S/C13H29N3/c1-6-14-9-11(2)13(4)16-8-7-15(5)12(3)10-16/h11-14H,6-10H2,1-5H3. The summed E-state index contributed by atoms with van der Waals surface area (Å²) >= 11 is 0. The minimum Gasteiger partial charge on any atom is -0.317 e. The Kier molecular flexibility index (Phi) is 5.73. The molecule has 3 unspecified atom stereocenters. The first-order chi connectivity index (χ1) is 7.56. The van der Waals surface area contributed by atoms with Crippen LogP contribution in [0.25, 0.3) is 0 Å². The third-order valence-electron chi connectivity index (χ3n) is 4.11. The molecule has 1 heterocycles. The van der Waals surface area contributed by atoms with E-state index in [0.29, 0.717) is 12.1 Å². The Labute approximate surface area is 101 Å². The highest BCUT2D eigenvalue weighted by Crippen LogP contribution is 2.15. The molecule has 0 aliphatic carbocycles. The van der Waals surface area contributed by atoms with Crippen LogP contribution in [0.5, 0.6) is 0 Å². The second-order valence-electron chi connectivity index (χ2n) is 5.35. The normalized spacial score (nSPS) is 27.9. The highest BCUT2D eigenvalue weighted by atomic mass is 15.3. The van der Waals surface area contributed by atoms with Gasteiger partial charge < -0.3 is 10.2 Å². The monoisotopic (exact) mass is 227 g/mol. The molecular weight excluding hydrogens is 198 g/mol. The topological polar surface area (TPSA) is 18.5 Å². The molecule has 0 aromatic carbocycles. The van der Waals surface area contributed by atoms with Crippen molar-refractivity contribution in [2.75, 3.05) is 39.8 Å². The smallest absolute Gasteiger partial charge is 0.0192 e. The third kappa shape index (κ3) is 3.72. The lowest BCUT2D eigenvalue weighted by Gasteiger charge is -2.42. The summed E-state index contributed by atoms with van der Waals surface area (Å²) in [4.78, 5) is 5.10. The fraction of sp³-hybridized carbons (Fsp3) is 1.00. The summed E-state index contributed by atoms with van der Waals surface area (Å²) in [5, 5.41) is 3.45. The van der Waals surface area contributed by atoms with Gasteiger partial charge in [0.1, 0.15) is 0 Å². The van der Waals surface area contributed by atoms with Crippen LogP contribution in [0.15, 0.2) is 0 Å². The Morgan fingerprint density at radius 1 is 1.31 bits per heavy atom. The summed E-state index contributed by atoms with van der Waals surface area (Å²) < 4.78 is 0. The lowest BCUT2D eigenvalue weighted by atomic mass is 10.00.